The summed E-state index contributed by atoms with van der Waals surface area (Å²) in [6.45, 7) is 7.78. The number of nitrogens with one attached hydrogen (secondary N) is 1. The van der Waals surface area contributed by atoms with Crippen molar-refractivity contribution in [1.29, 1.82) is 0 Å². The van der Waals surface area contributed by atoms with Gasteiger partial charge >= 0.3 is 0 Å². The Kier molecular flexibility index (Phi) is 5.04. The van der Waals surface area contributed by atoms with E-state index in [1.165, 1.54) is 29.5 Å². The fourth-order valence-corrected chi connectivity index (χ4v) is 3.67. The van der Waals surface area contributed by atoms with Gasteiger partial charge in [-0.1, -0.05) is 23.4 Å². The fourth-order valence-electron chi connectivity index (χ4n) is 3.67. The maximum Gasteiger partial charge on any atom is 0.113 e. The van der Waals surface area contributed by atoms with Crippen molar-refractivity contribution in [2.24, 2.45) is 0 Å². The monoisotopic (exact) mass is 353 g/mol. The molecule has 1 fully saturated rings. The second-order valence-electron chi connectivity index (χ2n) is 7.12. The predicted octanol–water partition coefficient (Wildman–Crippen LogP) is 3.00. The Morgan fingerprint density at radius 3 is 2.96 bits per heavy atom. The Morgan fingerprint density at radius 2 is 2.23 bits per heavy atom. The van der Waals surface area contributed by atoms with Crippen LogP contribution in [-0.2, 0) is 11.3 Å². The third-order valence-corrected chi connectivity index (χ3v) is 5.20. The SMILES string of the molecule is CCN1C=C(c2ccc(-c3cn(C[C@H]4CCCCO4)nn3)c(C)c2)CN1. The first-order valence-electron chi connectivity index (χ1n) is 9.57. The summed E-state index contributed by atoms with van der Waals surface area (Å²) >= 11 is 0. The molecule has 0 unspecified atom stereocenters. The van der Waals surface area contributed by atoms with E-state index in [-0.39, 0.29) is 6.10 Å². The van der Waals surface area contributed by atoms with Gasteiger partial charge in [0.2, 0.25) is 0 Å². The molecule has 0 saturated carbocycles. The number of aryl methyl sites for hydroxylation is 1. The highest BCUT2D eigenvalue weighted by Gasteiger charge is 2.17. The highest BCUT2D eigenvalue weighted by Crippen LogP contribution is 2.26. The molecule has 1 atom stereocenters. The van der Waals surface area contributed by atoms with Crippen molar-refractivity contribution in [3.63, 3.8) is 0 Å². The summed E-state index contributed by atoms with van der Waals surface area (Å²) < 4.78 is 7.72. The summed E-state index contributed by atoms with van der Waals surface area (Å²) in [6.07, 6.45) is 8.02. The van der Waals surface area contributed by atoms with E-state index in [0.717, 1.165) is 43.9 Å². The average molecular weight is 353 g/mol. The molecule has 1 aromatic heterocycles. The Hall–Kier alpha value is -2.18. The Morgan fingerprint density at radius 1 is 1.31 bits per heavy atom. The lowest BCUT2D eigenvalue weighted by Crippen LogP contribution is -2.28. The second kappa shape index (κ2) is 7.60. The molecular formula is C20H27N5O. The topological polar surface area (TPSA) is 55.2 Å². The number of hydrazine groups is 1. The zero-order chi connectivity index (χ0) is 17.9. The third-order valence-electron chi connectivity index (χ3n) is 5.20. The molecule has 3 heterocycles. The van der Waals surface area contributed by atoms with Crippen molar-refractivity contribution in [1.82, 2.24) is 25.4 Å². The van der Waals surface area contributed by atoms with Crippen LogP contribution >= 0.6 is 0 Å². The van der Waals surface area contributed by atoms with Crippen molar-refractivity contribution in [3.05, 3.63) is 41.7 Å². The first-order chi connectivity index (χ1) is 12.7. The van der Waals surface area contributed by atoms with Gasteiger partial charge in [0.25, 0.3) is 0 Å². The summed E-state index contributed by atoms with van der Waals surface area (Å²) in [6, 6.07) is 6.58. The lowest BCUT2D eigenvalue weighted by atomic mass is 9.99. The van der Waals surface area contributed by atoms with Crippen LogP contribution in [0.2, 0.25) is 0 Å². The van der Waals surface area contributed by atoms with E-state index in [1.807, 2.05) is 10.9 Å². The van der Waals surface area contributed by atoms with Crippen LogP contribution in [0, 0.1) is 6.92 Å². The third kappa shape index (κ3) is 3.66. The zero-order valence-corrected chi connectivity index (χ0v) is 15.6. The molecule has 138 valence electrons. The van der Waals surface area contributed by atoms with Crippen molar-refractivity contribution < 1.29 is 4.74 Å². The van der Waals surface area contributed by atoms with Gasteiger partial charge in [0.1, 0.15) is 5.69 Å². The van der Waals surface area contributed by atoms with E-state index in [1.54, 1.807) is 0 Å². The summed E-state index contributed by atoms with van der Waals surface area (Å²) in [5.74, 6) is 0. The molecule has 0 radical (unpaired) electrons. The standard InChI is InChI=1S/C20H27N5O/c1-3-24-12-17(11-21-24)16-7-8-19(15(2)10-16)20-14-25(23-22-20)13-18-6-4-5-9-26-18/h7-8,10,12,14,18,21H,3-6,9,11,13H2,1-2H3/t18-/m1/s1. The average Bonchev–Trinajstić information content (AvgIpc) is 3.32. The van der Waals surface area contributed by atoms with Crippen molar-refractivity contribution in [3.8, 4) is 11.3 Å². The van der Waals surface area contributed by atoms with Gasteiger partial charge in [0.05, 0.1) is 18.8 Å². The minimum absolute atomic E-state index is 0.269. The Balaban J connectivity index is 1.49. The molecule has 4 rings (SSSR count). The Bertz CT molecular complexity index is 791. The van der Waals surface area contributed by atoms with Crippen LogP contribution in [0.3, 0.4) is 0 Å². The molecule has 0 bridgehead atoms. The van der Waals surface area contributed by atoms with Crippen molar-refractivity contribution >= 4 is 5.57 Å². The minimum Gasteiger partial charge on any atom is -0.376 e. The molecule has 1 N–H and O–H groups in total. The smallest absolute Gasteiger partial charge is 0.113 e. The molecule has 2 aromatic rings. The van der Waals surface area contributed by atoms with Gasteiger partial charge in [-0.15, -0.1) is 5.10 Å². The van der Waals surface area contributed by atoms with Crippen LogP contribution in [-0.4, -0.2) is 45.8 Å². The maximum absolute atomic E-state index is 5.81. The lowest BCUT2D eigenvalue weighted by molar-refractivity contribution is 0.00370. The molecule has 1 aromatic carbocycles. The quantitative estimate of drug-likeness (QED) is 0.895. The van der Waals surface area contributed by atoms with Gasteiger partial charge in [-0.25, -0.2) is 10.1 Å². The van der Waals surface area contributed by atoms with Gasteiger partial charge in [-0.05, 0) is 49.8 Å². The number of aromatic nitrogens is 3. The van der Waals surface area contributed by atoms with Crippen LogP contribution in [0.5, 0.6) is 0 Å². The van der Waals surface area contributed by atoms with Crippen LogP contribution in [0.1, 0.15) is 37.3 Å². The molecule has 2 aliphatic rings. The molecule has 0 aliphatic carbocycles. The summed E-state index contributed by atoms with van der Waals surface area (Å²) in [5, 5.41) is 10.8. The maximum atomic E-state index is 5.81. The highest BCUT2D eigenvalue weighted by molar-refractivity contribution is 5.72. The first-order valence-corrected chi connectivity index (χ1v) is 9.57. The number of benzene rings is 1. The molecule has 6 heteroatoms. The van der Waals surface area contributed by atoms with Crippen molar-refractivity contribution in [2.45, 2.75) is 45.8 Å². The second-order valence-corrected chi connectivity index (χ2v) is 7.12. The van der Waals surface area contributed by atoms with E-state index in [9.17, 15) is 0 Å². The number of hydrogen-bond acceptors (Lipinski definition) is 5. The number of rotatable bonds is 5. The van der Waals surface area contributed by atoms with Crippen molar-refractivity contribution in [2.75, 3.05) is 19.7 Å². The molecule has 1 saturated heterocycles. The zero-order valence-electron chi connectivity index (χ0n) is 15.6. The van der Waals surface area contributed by atoms with Crippen LogP contribution in [0.25, 0.3) is 16.8 Å². The van der Waals surface area contributed by atoms with E-state index >= 15 is 0 Å². The first kappa shape index (κ1) is 17.2. The molecule has 0 amide bonds. The highest BCUT2D eigenvalue weighted by atomic mass is 16.5. The molecule has 0 spiro atoms. The number of nitrogens with zero attached hydrogens (tertiary/aromatic N) is 4. The predicted molar refractivity (Wildman–Crippen MR) is 102 cm³/mol. The molecule has 26 heavy (non-hydrogen) atoms. The van der Waals surface area contributed by atoms with Crippen LogP contribution < -0.4 is 5.43 Å². The minimum atomic E-state index is 0.269. The van der Waals surface area contributed by atoms with Crippen LogP contribution in [0.4, 0.5) is 0 Å². The normalized spacial score (nSPS) is 20.5. The summed E-state index contributed by atoms with van der Waals surface area (Å²) in [7, 11) is 0. The van der Waals surface area contributed by atoms with E-state index < -0.39 is 0 Å². The van der Waals surface area contributed by atoms with E-state index in [0.29, 0.717) is 0 Å². The van der Waals surface area contributed by atoms with Gasteiger partial charge < -0.3 is 9.75 Å². The summed E-state index contributed by atoms with van der Waals surface area (Å²) in [5.41, 5.74) is 9.24. The molecular weight excluding hydrogens is 326 g/mol. The number of hydrogen-bond donors (Lipinski definition) is 1. The van der Waals surface area contributed by atoms with Gasteiger partial charge in [0.15, 0.2) is 0 Å². The van der Waals surface area contributed by atoms with Gasteiger partial charge in [0, 0.05) is 31.5 Å². The van der Waals surface area contributed by atoms with E-state index in [2.05, 4.69) is 59.0 Å². The lowest BCUT2D eigenvalue weighted by Gasteiger charge is -2.21. The fraction of sp³-hybridized carbons (Fsp3) is 0.500. The van der Waals surface area contributed by atoms with Gasteiger partial charge in [-0.2, -0.15) is 0 Å². The molecule has 2 aliphatic heterocycles. The number of ether oxygens (including phenoxy) is 1. The summed E-state index contributed by atoms with van der Waals surface area (Å²) in [4.78, 5) is 0. The van der Waals surface area contributed by atoms with Gasteiger partial charge in [-0.3, -0.25) is 0 Å². The Labute approximate surface area is 154 Å². The molecule has 6 nitrogen and oxygen atoms in total. The van der Waals surface area contributed by atoms with E-state index in [4.69, 9.17) is 4.74 Å². The largest absolute Gasteiger partial charge is 0.376 e. The van der Waals surface area contributed by atoms with Crippen LogP contribution in [0.15, 0.2) is 30.6 Å².